The maximum absolute atomic E-state index is 11.9. The second-order valence-corrected chi connectivity index (χ2v) is 5.52. The summed E-state index contributed by atoms with van der Waals surface area (Å²) in [6.07, 6.45) is -0.870. The van der Waals surface area contributed by atoms with E-state index in [9.17, 15) is 14.7 Å². The van der Waals surface area contributed by atoms with Crippen LogP contribution in [0.2, 0.25) is 0 Å². The average molecular weight is 280 g/mol. The Labute approximate surface area is 118 Å². The van der Waals surface area contributed by atoms with Crippen LogP contribution in [0.25, 0.3) is 0 Å². The maximum Gasteiger partial charge on any atom is 0.410 e. The Kier molecular flexibility index (Phi) is 4.73. The van der Waals surface area contributed by atoms with Crippen molar-refractivity contribution in [3.8, 4) is 0 Å². The first-order chi connectivity index (χ1) is 9.10. The molecule has 3 N–H and O–H groups in total. The predicted molar refractivity (Wildman–Crippen MR) is 75.1 cm³/mol. The van der Waals surface area contributed by atoms with Crippen LogP contribution in [-0.4, -0.2) is 28.4 Å². The van der Waals surface area contributed by atoms with E-state index >= 15 is 0 Å². The van der Waals surface area contributed by atoms with Crippen molar-refractivity contribution < 1.29 is 19.4 Å². The van der Waals surface area contributed by atoms with Crippen molar-refractivity contribution in [3.05, 3.63) is 30.3 Å². The van der Waals surface area contributed by atoms with Crippen LogP contribution in [0.4, 0.5) is 10.5 Å². The van der Waals surface area contributed by atoms with Gasteiger partial charge in [0.05, 0.1) is 0 Å². The van der Waals surface area contributed by atoms with Gasteiger partial charge in [0.2, 0.25) is 5.72 Å². The van der Waals surface area contributed by atoms with Gasteiger partial charge in [-0.2, -0.15) is 0 Å². The zero-order valence-corrected chi connectivity index (χ0v) is 12.1. The zero-order chi connectivity index (χ0) is 15.4. The maximum atomic E-state index is 11.9. The summed E-state index contributed by atoms with van der Waals surface area (Å²) in [6, 6.07) is 8.62. The molecule has 2 amide bonds. The fourth-order valence-electron chi connectivity index (χ4n) is 1.33. The number of rotatable bonds is 3. The fraction of sp³-hybridized carbons (Fsp3) is 0.429. The molecule has 0 heterocycles. The van der Waals surface area contributed by atoms with E-state index in [1.165, 1.54) is 6.92 Å². The molecule has 6 heteroatoms. The van der Waals surface area contributed by atoms with Gasteiger partial charge >= 0.3 is 6.09 Å². The SMILES string of the molecule is CC(C)(C)OC(=O)NC(C)(O)C(=O)Nc1ccccc1. The van der Waals surface area contributed by atoms with Gasteiger partial charge in [-0.1, -0.05) is 18.2 Å². The van der Waals surface area contributed by atoms with Crippen molar-refractivity contribution in [1.82, 2.24) is 5.32 Å². The number of aliphatic hydroxyl groups is 1. The third-order valence-electron chi connectivity index (χ3n) is 2.22. The van der Waals surface area contributed by atoms with Gasteiger partial charge in [0, 0.05) is 5.69 Å². The Morgan fingerprint density at radius 1 is 1.10 bits per heavy atom. The lowest BCUT2D eigenvalue weighted by molar-refractivity contribution is -0.135. The average Bonchev–Trinajstić information content (AvgIpc) is 2.26. The highest BCUT2D eigenvalue weighted by Crippen LogP contribution is 2.11. The molecule has 0 aromatic heterocycles. The van der Waals surface area contributed by atoms with Gasteiger partial charge < -0.3 is 15.2 Å². The summed E-state index contributed by atoms with van der Waals surface area (Å²) in [4.78, 5) is 23.5. The highest BCUT2D eigenvalue weighted by atomic mass is 16.6. The molecule has 0 aliphatic rings. The van der Waals surface area contributed by atoms with Crippen LogP contribution in [-0.2, 0) is 9.53 Å². The van der Waals surface area contributed by atoms with Crippen molar-refractivity contribution in [2.45, 2.75) is 39.0 Å². The molecule has 1 rings (SSSR count). The second-order valence-electron chi connectivity index (χ2n) is 5.52. The minimum absolute atomic E-state index is 0.517. The molecular weight excluding hydrogens is 260 g/mol. The third-order valence-corrected chi connectivity index (χ3v) is 2.22. The van der Waals surface area contributed by atoms with Crippen LogP contribution in [0.5, 0.6) is 0 Å². The summed E-state index contributed by atoms with van der Waals surface area (Å²) in [6.45, 7) is 6.23. The Bertz CT molecular complexity index is 478. The zero-order valence-electron chi connectivity index (χ0n) is 12.1. The summed E-state index contributed by atoms with van der Waals surface area (Å²) >= 11 is 0. The van der Waals surface area contributed by atoms with Gasteiger partial charge in [-0.05, 0) is 39.8 Å². The minimum atomic E-state index is -2.07. The number of carbonyl (C=O) groups is 2. The van der Waals surface area contributed by atoms with Gasteiger partial charge in [-0.15, -0.1) is 0 Å². The molecule has 1 atom stereocenters. The molecule has 1 unspecified atom stereocenters. The van der Waals surface area contributed by atoms with Crippen LogP contribution in [0, 0.1) is 0 Å². The van der Waals surface area contributed by atoms with Crippen LogP contribution in [0.15, 0.2) is 30.3 Å². The van der Waals surface area contributed by atoms with E-state index < -0.39 is 23.3 Å². The first kappa shape index (κ1) is 16.0. The van der Waals surface area contributed by atoms with E-state index in [1.54, 1.807) is 51.1 Å². The lowest BCUT2D eigenvalue weighted by Gasteiger charge is -2.26. The summed E-state index contributed by atoms with van der Waals surface area (Å²) in [5.41, 5.74) is -2.27. The monoisotopic (exact) mass is 280 g/mol. The smallest absolute Gasteiger partial charge is 0.410 e. The first-order valence-electron chi connectivity index (χ1n) is 6.20. The van der Waals surface area contributed by atoms with Gasteiger partial charge in [-0.25, -0.2) is 4.79 Å². The molecular formula is C14H20N2O4. The number of alkyl carbamates (subject to hydrolysis) is 1. The molecule has 0 aliphatic heterocycles. The van der Waals surface area contributed by atoms with Gasteiger partial charge in [0.25, 0.3) is 5.91 Å². The number of nitrogens with one attached hydrogen (secondary N) is 2. The molecule has 0 saturated carbocycles. The van der Waals surface area contributed by atoms with Gasteiger partial charge in [-0.3, -0.25) is 10.1 Å². The third kappa shape index (κ3) is 5.27. The van der Waals surface area contributed by atoms with E-state index in [4.69, 9.17) is 4.74 Å². The highest BCUT2D eigenvalue weighted by Gasteiger charge is 2.34. The number of anilines is 1. The van der Waals surface area contributed by atoms with Crippen LogP contribution < -0.4 is 10.6 Å². The topological polar surface area (TPSA) is 87.7 Å². The normalized spacial score (nSPS) is 14.1. The van der Waals surface area contributed by atoms with Crippen molar-refractivity contribution in [1.29, 1.82) is 0 Å². The van der Waals surface area contributed by atoms with Crippen LogP contribution in [0.1, 0.15) is 27.7 Å². The number of hydrogen-bond donors (Lipinski definition) is 3. The predicted octanol–water partition coefficient (Wildman–Crippen LogP) is 1.86. The number of hydrogen-bond acceptors (Lipinski definition) is 4. The second kappa shape index (κ2) is 5.92. The molecule has 20 heavy (non-hydrogen) atoms. The van der Waals surface area contributed by atoms with E-state index in [1.807, 2.05) is 0 Å². The summed E-state index contributed by atoms with van der Waals surface area (Å²) in [5, 5.41) is 14.6. The molecule has 0 aliphatic carbocycles. The van der Waals surface area contributed by atoms with E-state index in [0.717, 1.165) is 0 Å². The van der Waals surface area contributed by atoms with E-state index in [-0.39, 0.29) is 0 Å². The van der Waals surface area contributed by atoms with Gasteiger partial charge in [0.1, 0.15) is 5.60 Å². The van der Waals surface area contributed by atoms with Crippen molar-refractivity contribution >= 4 is 17.7 Å². The minimum Gasteiger partial charge on any atom is -0.444 e. The summed E-state index contributed by atoms with van der Waals surface area (Å²) < 4.78 is 4.98. The van der Waals surface area contributed by atoms with E-state index in [2.05, 4.69) is 10.6 Å². The number of carbonyl (C=O) groups excluding carboxylic acids is 2. The Morgan fingerprint density at radius 3 is 2.15 bits per heavy atom. The molecule has 0 saturated heterocycles. The standard InChI is InChI=1S/C14H20N2O4/c1-13(2,3)20-12(18)16-14(4,19)11(17)15-10-8-6-5-7-9-10/h5-9,19H,1-4H3,(H,15,17)(H,16,18). The first-order valence-corrected chi connectivity index (χ1v) is 6.20. The lowest BCUT2D eigenvalue weighted by atomic mass is 10.2. The van der Waals surface area contributed by atoms with Crippen molar-refractivity contribution in [2.24, 2.45) is 0 Å². The number of amides is 2. The van der Waals surface area contributed by atoms with Gasteiger partial charge in [0.15, 0.2) is 0 Å². The Hall–Kier alpha value is -2.08. The quantitative estimate of drug-likeness (QED) is 0.737. The summed E-state index contributed by atoms with van der Waals surface area (Å²) in [7, 11) is 0. The fourth-order valence-corrected chi connectivity index (χ4v) is 1.33. The molecule has 0 bridgehead atoms. The van der Waals surface area contributed by atoms with E-state index in [0.29, 0.717) is 5.69 Å². The van der Waals surface area contributed by atoms with Crippen LogP contribution >= 0.6 is 0 Å². The molecule has 0 radical (unpaired) electrons. The van der Waals surface area contributed by atoms with Crippen LogP contribution in [0.3, 0.4) is 0 Å². The number of para-hydroxylation sites is 1. The largest absolute Gasteiger partial charge is 0.444 e. The molecule has 1 aromatic rings. The molecule has 0 fully saturated rings. The Morgan fingerprint density at radius 2 is 1.65 bits per heavy atom. The number of benzene rings is 1. The molecule has 0 spiro atoms. The van der Waals surface area contributed by atoms with Crippen molar-refractivity contribution in [3.63, 3.8) is 0 Å². The highest BCUT2D eigenvalue weighted by molar-refractivity contribution is 5.98. The lowest BCUT2D eigenvalue weighted by Crippen LogP contribution is -2.55. The molecule has 110 valence electrons. The van der Waals surface area contributed by atoms with Crippen molar-refractivity contribution in [2.75, 3.05) is 5.32 Å². The number of ether oxygens (including phenoxy) is 1. The molecule has 6 nitrogen and oxygen atoms in total. The molecule has 1 aromatic carbocycles. The summed E-state index contributed by atoms with van der Waals surface area (Å²) in [5.74, 6) is -0.755. The Balaban J connectivity index is 2.64.